The van der Waals surface area contributed by atoms with Crippen LogP contribution in [-0.2, 0) is 6.54 Å². The molecule has 1 aromatic carbocycles. The monoisotopic (exact) mass is 271 g/mol. The molecule has 0 radical (unpaired) electrons. The minimum Gasteiger partial charge on any atom is -0.347 e. The molecule has 6 nitrogen and oxygen atoms in total. The van der Waals surface area contributed by atoms with Gasteiger partial charge in [-0.25, -0.2) is 19.3 Å². The summed E-state index contributed by atoms with van der Waals surface area (Å²) in [7, 11) is 0. The van der Waals surface area contributed by atoms with Crippen LogP contribution in [0.4, 0.5) is 4.39 Å². The molecule has 100 valence electrons. The van der Waals surface area contributed by atoms with Gasteiger partial charge in [-0.2, -0.15) is 0 Å². The van der Waals surface area contributed by atoms with E-state index in [0.717, 1.165) is 0 Å². The van der Waals surface area contributed by atoms with Crippen LogP contribution in [0.1, 0.15) is 16.1 Å². The number of nitrogens with zero attached hydrogens (tertiary/aromatic N) is 3. The highest BCUT2D eigenvalue weighted by Gasteiger charge is 2.13. The SMILES string of the molecule is O=C(NCc1cccc(F)c1)c1ncnc2nc[nH]c12. The highest BCUT2D eigenvalue weighted by atomic mass is 19.1. The molecule has 0 fully saturated rings. The molecule has 0 aliphatic rings. The number of nitrogens with one attached hydrogen (secondary N) is 2. The van der Waals surface area contributed by atoms with Gasteiger partial charge in [-0.3, -0.25) is 4.79 Å². The highest BCUT2D eigenvalue weighted by molar-refractivity contribution is 6.01. The molecule has 0 bridgehead atoms. The van der Waals surface area contributed by atoms with Crippen LogP contribution in [0.2, 0.25) is 0 Å². The molecule has 2 aromatic heterocycles. The maximum atomic E-state index is 13.0. The van der Waals surface area contributed by atoms with Gasteiger partial charge in [0.05, 0.1) is 6.33 Å². The van der Waals surface area contributed by atoms with E-state index in [0.29, 0.717) is 16.7 Å². The van der Waals surface area contributed by atoms with Crippen LogP contribution in [0.3, 0.4) is 0 Å². The molecule has 0 aliphatic carbocycles. The number of benzene rings is 1. The van der Waals surface area contributed by atoms with Crippen LogP contribution in [0.5, 0.6) is 0 Å². The van der Waals surface area contributed by atoms with E-state index in [2.05, 4.69) is 25.3 Å². The number of fused-ring (bicyclic) bond motifs is 1. The Hall–Kier alpha value is -2.83. The number of imidazole rings is 1. The second-order valence-corrected chi connectivity index (χ2v) is 4.14. The molecule has 0 unspecified atom stereocenters. The number of hydrogen-bond donors (Lipinski definition) is 2. The van der Waals surface area contributed by atoms with Crippen molar-refractivity contribution in [1.29, 1.82) is 0 Å². The van der Waals surface area contributed by atoms with Gasteiger partial charge >= 0.3 is 0 Å². The second kappa shape index (κ2) is 5.04. The first-order valence-corrected chi connectivity index (χ1v) is 5.91. The third-order valence-electron chi connectivity index (χ3n) is 2.78. The third kappa shape index (κ3) is 2.33. The summed E-state index contributed by atoms with van der Waals surface area (Å²) in [5, 5.41) is 2.68. The van der Waals surface area contributed by atoms with Crippen molar-refractivity contribution in [3.63, 3.8) is 0 Å². The Morgan fingerprint density at radius 2 is 2.20 bits per heavy atom. The number of aromatic amines is 1. The van der Waals surface area contributed by atoms with E-state index in [-0.39, 0.29) is 24.0 Å². The zero-order valence-electron chi connectivity index (χ0n) is 10.3. The standard InChI is InChI=1S/C13H10FN5O/c14-9-3-1-2-8(4-9)5-15-13(20)11-10-12(18-6-16-10)19-7-17-11/h1-4,6-7H,5H2,(H,15,20)(H,16,17,18,19). The lowest BCUT2D eigenvalue weighted by Gasteiger charge is -2.05. The average molecular weight is 271 g/mol. The van der Waals surface area contributed by atoms with E-state index >= 15 is 0 Å². The van der Waals surface area contributed by atoms with E-state index in [1.54, 1.807) is 12.1 Å². The first kappa shape index (κ1) is 12.2. The Morgan fingerprint density at radius 1 is 1.30 bits per heavy atom. The summed E-state index contributed by atoms with van der Waals surface area (Å²) in [4.78, 5) is 26.7. The molecule has 1 amide bonds. The van der Waals surface area contributed by atoms with Crippen LogP contribution >= 0.6 is 0 Å². The average Bonchev–Trinajstić information content (AvgIpc) is 2.93. The van der Waals surface area contributed by atoms with E-state index in [9.17, 15) is 9.18 Å². The molecule has 3 rings (SSSR count). The summed E-state index contributed by atoms with van der Waals surface area (Å²) in [5.74, 6) is -0.708. The molecule has 0 aliphatic heterocycles. The molecular formula is C13H10FN5O. The van der Waals surface area contributed by atoms with E-state index < -0.39 is 0 Å². The van der Waals surface area contributed by atoms with Gasteiger partial charge in [0.2, 0.25) is 0 Å². The molecule has 0 saturated carbocycles. The predicted octanol–water partition coefficient (Wildman–Crippen LogP) is 1.42. The van der Waals surface area contributed by atoms with Crippen molar-refractivity contribution in [2.45, 2.75) is 6.54 Å². The second-order valence-electron chi connectivity index (χ2n) is 4.14. The molecular weight excluding hydrogens is 261 g/mol. The van der Waals surface area contributed by atoms with Gasteiger partial charge in [-0.1, -0.05) is 12.1 Å². The summed E-state index contributed by atoms with van der Waals surface area (Å²) in [6.07, 6.45) is 2.73. The highest BCUT2D eigenvalue weighted by Crippen LogP contribution is 2.09. The van der Waals surface area contributed by atoms with Gasteiger partial charge in [-0.05, 0) is 17.7 Å². The molecule has 7 heteroatoms. The van der Waals surface area contributed by atoms with Crippen LogP contribution in [0.25, 0.3) is 11.2 Å². The van der Waals surface area contributed by atoms with Gasteiger partial charge < -0.3 is 10.3 Å². The van der Waals surface area contributed by atoms with Crippen LogP contribution < -0.4 is 5.32 Å². The van der Waals surface area contributed by atoms with E-state index in [4.69, 9.17) is 0 Å². The lowest BCUT2D eigenvalue weighted by molar-refractivity contribution is 0.0947. The number of halogens is 1. The Balaban J connectivity index is 1.78. The van der Waals surface area contributed by atoms with E-state index in [1.165, 1.54) is 24.8 Å². The number of rotatable bonds is 3. The summed E-state index contributed by atoms with van der Waals surface area (Å²) in [6, 6.07) is 6.04. The number of aromatic nitrogens is 4. The van der Waals surface area contributed by atoms with Crippen molar-refractivity contribution in [3.8, 4) is 0 Å². The molecule has 0 saturated heterocycles. The van der Waals surface area contributed by atoms with Crippen LogP contribution in [-0.4, -0.2) is 25.8 Å². The topological polar surface area (TPSA) is 83.6 Å². The third-order valence-corrected chi connectivity index (χ3v) is 2.78. The first-order valence-electron chi connectivity index (χ1n) is 5.91. The van der Waals surface area contributed by atoms with Gasteiger partial charge in [0.25, 0.3) is 5.91 Å². The minimum absolute atomic E-state index is 0.212. The lowest BCUT2D eigenvalue weighted by atomic mass is 10.2. The first-order chi connectivity index (χ1) is 9.74. The molecule has 0 atom stereocenters. The molecule has 0 spiro atoms. The normalized spacial score (nSPS) is 10.7. The van der Waals surface area contributed by atoms with Crippen LogP contribution in [0, 0.1) is 5.82 Å². The fourth-order valence-electron chi connectivity index (χ4n) is 1.85. The number of carbonyl (C=O) groups excluding carboxylic acids is 1. The Morgan fingerprint density at radius 3 is 3.05 bits per heavy atom. The zero-order chi connectivity index (χ0) is 13.9. The maximum Gasteiger partial charge on any atom is 0.272 e. The van der Waals surface area contributed by atoms with Crippen molar-refractivity contribution in [1.82, 2.24) is 25.3 Å². The van der Waals surface area contributed by atoms with Crippen molar-refractivity contribution in [3.05, 3.63) is 54.0 Å². The summed E-state index contributed by atoms with van der Waals surface area (Å²) in [5.41, 5.74) is 1.79. The predicted molar refractivity (Wildman–Crippen MR) is 69.3 cm³/mol. The fraction of sp³-hybridized carbons (Fsp3) is 0.0769. The zero-order valence-corrected chi connectivity index (χ0v) is 10.3. The van der Waals surface area contributed by atoms with Crippen LogP contribution in [0.15, 0.2) is 36.9 Å². The van der Waals surface area contributed by atoms with Gasteiger partial charge in [0, 0.05) is 6.54 Å². The maximum absolute atomic E-state index is 13.0. The van der Waals surface area contributed by atoms with Crippen molar-refractivity contribution < 1.29 is 9.18 Å². The van der Waals surface area contributed by atoms with Crippen molar-refractivity contribution >= 4 is 17.1 Å². The molecule has 20 heavy (non-hydrogen) atoms. The number of carbonyl (C=O) groups is 1. The minimum atomic E-state index is -0.370. The Bertz CT molecular complexity index is 770. The van der Waals surface area contributed by atoms with Crippen molar-refractivity contribution in [2.24, 2.45) is 0 Å². The fourth-order valence-corrected chi connectivity index (χ4v) is 1.85. The van der Waals surface area contributed by atoms with Crippen molar-refractivity contribution in [2.75, 3.05) is 0 Å². The molecule has 3 aromatic rings. The quantitative estimate of drug-likeness (QED) is 0.754. The van der Waals surface area contributed by atoms with E-state index in [1.807, 2.05) is 0 Å². The molecule has 2 N–H and O–H groups in total. The Kier molecular flexibility index (Phi) is 3.08. The smallest absolute Gasteiger partial charge is 0.272 e. The Labute approximate surface area is 113 Å². The number of hydrogen-bond acceptors (Lipinski definition) is 4. The summed E-state index contributed by atoms with van der Waals surface area (Å²) >= 11 is 0. The molecule has 2 heterocycles. The number of amides is 1. The van der Waals surface area contributed by atoms with Gasteiger partial charge in [0.15, 0.2) is 11.3 Å². The lowest BCUT2D eigenvalue weighted by Crippen LogP contribution is -2.24. The van der Waals surface area contributed by atoms with Gasteiger partial charge in [-0.15, -0.1) is 0 Å². The largest absolute Gasteiger partial charge is 0.347 e. The summed E-state index contributed by atoms with van der Waals surface area (Å²) in [6.45, 7) is 0.218. The van der Waals surface area contributed by atoms with Gasteiger partial charge in [0.1, 0.15) is 17.7 Å². The summed E-state index contributed by atoms with van der Waals surface area (Å²) < 4.78 is 13.0. The number of H-pyrrole nitrogens is 1.